The highest BCUT2D eigenvalue weighted by atomic mass is 16.1. The number of nitrogens with zero attached hydrogens (tertiary/aromatic N) is 2. The fraction of sp³-hybridized carbons (Fsp3) is 0.167. The van der Waals surface area contributed by atoms with E-state index in [1.807, 2.05) is 4.57 Å². The van der Waals surface area contributed by atoms with E-state index in [0.29, 0.717) is 18.8 Å². The van der Waals surface area contributed by atoms with Crippen molar-refractivity contribution in [3.8, 4) is 0 Å². The van der Waals surface area contributed by atoms with Crippen LogP contribution in [0.3, 0.4) is 0 Å². The van der Waals surface area contributed by atoms with Crippen molar-refractivity contribution in [3.05, 3.63) is 63.4 Å². The molecule has 0 saturated heterocycles. The Labute approximate surface area is 97.7 Å². The molecule has 2 aromatic rings. The molecule has 0 aliphatic rings. The highest BCUT2D eigenvalue weighted by Gasteiger charge is 1.96. The highest BCUT2D eigenvalue weighted by molar-refractivity contribution is 5.33. The van der Waals surface area contributed by atoms with Gasteiger partial charge in [0, 0.05) is 55.6 Å². The van der Waals surface area contributed by atoms with E-state index in [1.165, 1.54) is 18.2 Å². The third-order valence-corrected chi connectivity index (χ3v) is 2.47. The summed E-state index contributed by atoms with van der Waals surface area (Å²) in [5, 5.41) is 0. The summed E-state index contributed by atoms with van der Waals surface area (Å²) in [5.41, 5.74) is 6.06. The van der Waals surface area contributed by atoms with E-state index in [2.05, 4.69) is 0 Å². The molecule has 0 amide bonds. The Bertz CT molecular complexity index is 608. The second-order valence-corrected chi connectivity index (χ2v) is 3.77. The number of anilines is 1. The summed E-state index contributed by atoms with van der Waals surface area (Å²) in [6, 6.07) is 6.00. The van der Waals surface area contributed by atoms with E-state index in [4.69, 9.17) is 5.73 Å². The van der Waals surface area contributed by atoms with Gasteiger partial charge in [-0.05, 0) is 6.07 Å². The molecule has 2 heterocycles. The zero-order valence-corrected chi connectivity index (χ0v) is 9.24. The molecule has 88 valence electrons. The standard InChI is InChI=1S/C12H13N3O2/c13-10-1-2-12(17)15(9-10)8-7-14-5-3-11(16)4-6-14/h1-6,9H,7-8,13H2. The lowest BCUT2D eigenvalue weighted by molar-refractivity contribution is 0.563. The van der Waals surface area contributed by atoms with Gasteiger partial charge in [-0.25, -0.2) is 0 Å². The Balaban J connectivity index is 2.12. The fourth-order valence-corrected chi connectivity index (χ4v) is 1.54. The second-order valence-electron chi connectivity index (χ2n) is 3.77. The first-order valence-electron chi connectivity index (χ1n) is 5.27. The van der Waals surface area contributed by atoms with Crippen molar-refractivity contribution in [2.75, 3.05) is 5.73 Å². The van der Waals surface area contributed by atoms with Crippen LogP contribution in [-0.2, 0) is 13.1 Å². The molecule has 0 unspecified atom stereocenters. The molecule has 0 radical (unpaired) electrons. The lowest BCUT2D eigenvalue weighted by Crippen LogP contribution is -2.21. The van der Waals surface area contributed by atoms with Gasteiger partial charge in [-0.1, -0.05) is 0 Å². The quantitative estimate of drug-likeness (QED) is 0.825. The van der Waals surface area contributed by atoms with Gasteiger partial charge in [0.2, 0.25) is 0 Å². The molecular formula is C12H13N3O2. The van der Waals surface area contributed by atoms with Crippen LogP contribution in [0.1, 0.15) is 0 Å². The number of nitrogens with two attached hydrogens (primary N) is 1. The Morgan fingerprint density at radius 2 is 1.71 bits per heavy atom. The first-order valence-corrected chi connectivity index (χ1v) is 5.27. The van der Waals surface area contributed by atoms with E-state index in [9.17, 15) is 9.59 Å². The average Bonchev–Trinajstić information content (AvgIpc) is 2.32. The SMILES string of the molecule is Nc1ccc(=O)n(CCn2ccc(=O)cc2)c1. The van der Waals surface area contributed by atoms with Gasteiger partial charge < -0.3 is 14.9 Å². The normalized spacial score (nSPS) is 10.4. The minimum atomic E-state index is -0.0831. The lowest BCUT2D eigenvalue weighted by atomic mass is 10.4. The van der Waals surface area contributed by atoms with Gasteiger partial charge in [0.15, 0.2) is 5.43 Å². The Kier molecular flexibility index (Phi) is 3.09. The van der Waals surface area contributed by atoms with Crippen LogP contribution in [0.2, 0.25) is 0 Å². The summed E-state index contributed by atoms with van der Waals surface area (Å²) < 4.78 is 3.39. The van der Waals surface area contributed by atoms with E-state index >= 15 is 0 Å². The smallest absolute Gasteiger partial charge is 0.250 e. The minimum absolute atomic E-state index is 0.0256. The van der Waals surface area contributed by atoms with Crippen molar-refractivity contribution in [2.24, 2.45) is 0 Å². The summed E-state index contributed by atoms with van der Waals surface area (Å²) in [6.45, 7) is 1.14. The molecule has 2 N–H and O–H groups in total. The molecular weight excluding hydrogens is 218 g/mol. The van der Waals surface area contributed by atoms with Gasteiger partial charge in [-0.15, -0.1) is 0 Å². The second kappa shape index (κ2) is 4.69. The Morgan fingerprint density at radius 1 is 1.00 bits per heavy atom. The van der Waals surface area contributed by atoms with Gasteiger partial charge in [-0.2, -0.15) is 0 Å². The Morgan fingerprint density at radius 3 is 2.41 bits per heavy atom. The lowest BCUT2D eigenvalue weighted by Gasteiger charge is -2.08. The molecule has 5 heteroatoms. The highest BCUT2D eigenvalue weighted by Crippen LogP contribution is 1.96. The van der Waals surface area contributed by atoms with E-state index in [1.54, 1.807) is 29.2 Å². The molecule has 5 nitrogen and oxygen atoms in total. The predicted octanol–water partition coefficient (Wildman–Crippen LogP) is 0.292. The molecule has 0 fully saturated rings. The van der Waals surface area contributed by atoms with Crippen molar-refractivity contribution < 1.29 is 0 Å². The van der Waals surface area contributed by atoms with Crippen LogP contribution in [0.5, 0.6) is 0 Å². The third-order valence-electron chi connectivity index (χ3n) is 2.47. The van der Waals surface area contributed by atoms with E-state index < -0.39 is 0 Å². The molecule has 0 aromatic carbocycles. The summed E-state index contributed by atoms with van der Waals surface area (Å²) in [7, 11) is 0. The third kappa shape index (κ3) is 2.84. The van der Waals surface area contributed by atoms with Crippen molar-refractivity contribution in [1.29, 1.82) is 0 Å². The molecule has 0 atom stereocenters. The number of hydrogen-bond acceptors (Lipinski definition) is 3. The molecule has 0 spiro atoms. The minimum Gasteiger partial charge on any atom is -0.398 e. The molecule has 0 aliphatic heterocycles. The van der Waals surface area contributed by atoms with Gasteiger partial charge in [0.05, 0.1) is 0 Å². The number of aryl methyl sites for hydroxylation is 2. The molecule has 0 saturated carbocycles. The zero-order chi connectivity index (χ0) is 12.3. The van der Waals surface area contributed by atoms with Gasteiger partial charge in [0.1, 0.15) is 0 Å². The summed E-state index contributed by atoms with van der Waals surface area (Å²) in [6.07, 6.45) is 5.00. The number of nitrogen functional groups attached to an aromatic ring is 1. The van der Waals surface area contributed by atoms with Gasteiger partial charge in [0.25, 0.3) is 5.56 Å². The molecule has 0 bridgehead atoms. The van der Waals surface area contributed by atoms with Crippen LogP contribution in [0.4, 0.5) is 5.69 Å². The number of aromatic nitrogens is 2. The Hall–Kier alpha value is -2.30. The van der Waals surface area contributed by atoms with Crippen LogP contribution in [0.25, 0.3) is 0 Å². The number of rotatable bonds is 3. The monoisotopic (exact) mass is 231 g/mol. The summed E-state index contributed by atoms with van der Waals surface area (Å²) in [5.74, 6) is 0. The molecule has 0 aliphatic carbocycles. The first-order chi connectivity index (χ1) is 8.15. The summed E-state index contributed by atoms with van der Waals surface area (Å²) >= 11 is 0. The van der Waals surface area contributed by atoms with Crippen LogP contribution in [0, 0.1) is 0 Å². The van der Waals surface area contributed by atoms with Gasteiger partial charge in [-0.3, -0.25) is 9.59 Å². The predicted molar refractivity (Wildman–Crippen MR) is 65.8 cm³/mol. The molecule has 2 rings (SSSR count). The number of hydrogen-bond donors (Lipinski definition) is 1. The summed E-state index contributed by atoms with van der Waals surface area (Å²) in [4.78, 5) is 22.4. The van der Waals surface area contributed by atoms with Crippen LogP contribution in [0.15, 0.2) is 52.4 Å². The van der Waals surface area contributed by atoms with Crippen LogP contribution < -0.4 is 16.7 Å². The zero-order valence-electron chi connectivity index (χ0n) is 9.24. The van der Waals surface area contributed by atoms with Crippen LogP contribution >= 0.6 is 0 Å². The fourth-order valence-electron chi connectivity index (χ4n) is 1.54. The maximum absolute atomic E-state index is 11.5. The van der Waals surface area contributed by atoms with E-state index in [-0.39, 0.29) is 11.0 Å². The van der Waals surface area contributed by atoms with Gasteiger partial charge >= 0.3 is 0 Å². The maximum atomic E-state index is 11.5. The van der Waals surface area contributed by atoms with Crippen LogP contribution in [-0.4, -0.2) is 9.13 Å². The average molecular weight is 231 g/mol. The number of pyridine rings is 2. The van der Waals surface area contributed by atoms with Crippen molar-refractivity contribution in [3.63, 3.8) is 0 Å². The van der Waals surface area contributed by atoms with Crippen molar-refractivity contribution >= 4 is 5.69 Å². The molecule has 17 heavy (non-hydrogen) atoms. The van der Waals surface area contributed by atoms with E-state index in [0.717, 1.165) is 0 Å². The van der Waals surface area contributed by atoms with Crippen molar-refractivity contribution in [2.45, 2.75) is 13.1 Å². The first kappa shape index (κ1) is 11.2. The maximum Gasteiger partial charge on any atom is 0.250 e. The topological polar surface area (TPSA) is 70.0 Å². The molecule has 2 aromatic heterocycles. The van der Waals surface area contributed by atoms with Crippen molar-refractivity contribution in [1.82, 2.24) is 9.13 Å². The largest absolute Gasteiger partial charge is 0.398 e.